The minimum Gasteiger partial charge on any atom is -0.497 e. The van der Waals surface area contributed by atoms with Crippen molar-refractivity contribution in [3.63, 3.8) is 0 Å². The number of primary amides is 1. The van der Waals surface area contributed by atoms with Gasteiger partial charge in [-0.1, -0.05) is 35.5 Å². The van der Waals surface area contributed by atoms with Gasteiger partial charge in [-0.05, 0) is 49.2 Å². The summed E-state index contributed by atoms with van der Waals surface area (Å²) in [6.45, 7) is 0.996. The van der Waals surface area contributed by atoms with Crippen molar-refractivity contribution in [3.8, 4) is 22.8 Å². The van der Waals surface area contributed by atoms with Gasteiger partial charge in [0.25, 0.3) is 0 Å². The highest BCUT2D eigenvalue weighted by atomic mass is 35.5. The number of hydrogen-bond acceptors (Lipinski definition) is 6. The number of hydrogen-bond donors (Lipinski definition) is 1. The Morgan fingerprint density at radius 3 is 2.73 bits per heavy atom. The molecule has 0 bridgehead atoms. The first-order valence-electron chi connectivity index (χ1n) is 10.5. The van der Waals surface area contributed by atoms with Gasteiger partial charge in [-0.25, -0.2) is 0 Å². The first-order valence-corrected chi connectivity index (χ1v) is 11.9. The smallest absolute Gasteiger partial charge is 0.233 e. The maximum atomic E-state index is 12.9. The molecule has 3 aromatic rings. The molecule has 2 heterocycles. The Bertz CT molecular complexity index is 1150. The Hall–Kier alpha value is -3.04. The summed E-state index contributed by atoms with van der Waals surface area (Å²) in [6, 6.07) is 14.9. The van der Waals surface area contributed by atoms with Crippen molar-refractivity contribution in [2.24, 2.45) is 11.7 Å². The van der Waals surface area contributed by atoms with Crippen molar-refractivity contribution in [2.75, 3.05) is 26.0 Å². The van der Waals surface area contributed by atoms with Crippen LogP contribution < -0.4 is 10.5 Å². The summed E-state index contributed by atoms with van der Waals surface area (Å²) in [7, 11) is 1.61. The van der Waals surface area contributed by atoms with Crippen LogP contribution in [0.5, 0.6) is 5.75 Å². The molecule has 1 atom stereocenters. The summed E-state index contributed by atoms with van der Waals surface area (Å²) in [6.07, 6.45) is 1.49. The third-order valence-electron chi connectivity index (χ3n) is 5.55. The molecule has 0 saturated carbocycles. The van der Waals surface area contributed by atoms with Gasteiger partial charge in [0.05, 0.1) is 18.8 Å². The van der Waals surface area contributed by atoms with E-state index in [1.54, 1.807) is 24.1 Å². The van der Waals surface area contributed by atoms with Crippen LogP contribution in [0.15, 0.2) is 53.7 Å². The summed E-state index contributed by atoms with van der Waals surface area (Å²) in [4.78, 5) is 26.1. The summed E-state index contributed by atoms with van der Waals surface area (Å²) in [5.74, 6) is 0.805. The van der Waals surface area contributed by atoms with Crippen LogP contribution in [0, 0.1) is 5.92 Å². The van der Waals surface area contributed by atoms with Crippen LogP contribution >= 0.6 is 23.4 Å². The van der Waals surface area contributed by atoms with Gasteiger partial charge in [-0.3, -0.25) is 14.2 Å². The van der Waals surface area contributed by atoms with Crippen molar-refractivity contribution in [2.45, 2.75) is 18.0 Å². The first kappa shape index (κ1) is 23.1. The monoisotopic (exact) mass is 485 g/mol. The van der Waals surface area contributed by atoms with Crippen LogP contribution in [-0.2, 0) is 9.59 Å². The molecule has 1 fully saturated rings. The van der Waals surface area contributed by atoms with Crippen LogP contribution in [0.2, 0.25) is 5.02 Å². The molecule has 4 rings (SSSR count). The third kappa shape index (κ3) is 5.31. The van der Waals surface area contributed by atoms with Crippen molar-refractivity contribution in [1.29, 1.82) is 0 Å². The normalized spacial score (nSPS) is 15.9. The topological polar surface area (TPSA) is 103 Å². The van der Waals surface area contributed by atoms with Gasteiger partial charge in [0, 0.05) is 29.4 Å². The number of nitrogens with two attached hydrogens (primary N) is 1. The zero-order valence-corrected chi connectivity index (χ0v) is 19.7. The molecule has 0 aliphatic carbocycles. The SMILES string of the molecule is COc1cccc(-c2nnc(SCC(=O)N3CCCC(C(N)=O)C3)n2-c2ccc(Cl)cc2)c1. The standard InChI is InChI=1S/C23H24ClN5O3S/c1-32-19-6-2-4-15(12-19)22-26-27-23(29(22)18-9-7-17(24)8-10-18)33-14-20(30)28-11-3-5-16(13-28)21(25)31/h2,4,6-10,12,16H,3,5,11,13-14H2,1H3,(H2,25,31). The lowest BCUT2D eigenvalue weighted by atomic mass is 9.97. The number of carbonyl (C=O) groups excluding carboxylic acids is 2. The number of amides is 2. The summed E-state index contributed by atoms with van der Waals surface area (Å²) in [5, 5.41) is 9.96. The zero-order chi connectivity index (χ0) is 23.4. The average molecular weight is 486 g/mol. The number of halogens is 1. The van der Waals surface area contributed by atoms with E-state index in [9.17, 15) is 9.59 Å². The molecule has 1 aromatic heterocycles. The van der Waals surface area contributed by atoms with Gasteiger partial charge in [-0.2, -0.15) is 0 Å². The molecule has 1 aliphatic heterocycles. The first-order chi connectivity index (χ1) is 16.0. The van der Waals surface area contributed by atoms with E-state index in [-0.39, 0.29) is 23.5 Å². The van der Waals surface area contributed by atoms with E-state index in [4.69, 9.17) is 22.1 Å². The lowest BCUT2D eigenvalue weighted by molar-refractivity contribution is -0.132. The number of rotatable bonds is 7. The number of piperidine rings is 1. The highest BCUT2D eigenvalue weighted by Gasteiger charge is 2.27. The Morgan fingerprint density at radius 1 is 1.21 bits per heavy atom. The van der Waals surface area contributed by atoms with Gasteiger partial charge < -0.3 is 15.4 Å². The lowest BCUT2D eigenvalue weighted by Gasteiger charge is -2.31. The van der Waals surface area contributed by atoms with Crippen molar-refractivity contribution in [3.05, 3.63) is 53.6 Å². The molecule has 172 valence electrons. The fourth-order valence-corrected chi connectivity index (χ4v) is 4.77. The number of thioether (sulfide) groups is 1. The molecule has 2 aromatic carbocycles. The van der Waals surface area contributed by atoms with Gasteiger partial charge >= 0.3 is 0 Å². The highest BCUT2D eigenvalue weighted by molar-refractivity contribution is 7.99. The van der Waals surface area contributed by atoms with E-state index >= 15 is 0 Å². The predicted molar refractivity (Wildman–Crippen MR) is 128 cm³/mol. The molecular weight excluding hydrogens is 462 g/mol. The fraction of sp³-hybridized carbons (Fsp3) is 0.304. The molecule has 2 amide bonds. The Morgan fingerprint density at radius 2 is 2.00 bits per heavy atom. The summed E-state index contributed by atoms with van der Waals surface area (Å²) in [5.41, 5.74) is 7.10. The van der Waals surface area contributed by atoms with Crippen LogP contribution in [0.3, 0.4) is 0 Å². The minimum absolute atomic E-state index is 0.0560. The zero-order valence-electron chi connectivity index (χ0n) is 18.1. The number of aromatic nitrogens is 3. The largest absolute Gasteiger partial charge is 0.497 e. The van der Waals surface area contributed by atoms with Gasteiger partial charge in [-0.15, -0.1) is 10.2 Å². The summed E-state index contributed by atoms with van der Waals surface area (Å²) >= 11 is 7.39. The van der Waals surface area contributed by atoms with Crippen LogP contribution in [0.25, 0.3) is 17.1 Å². The molecule has 1 unspecified atom stereocenters. The molecule has 2 N–H and O–H groups in total. The number of methoxy groups -OCH3 is 1. The van der Waals surface area contributed by atoms with E-state index in [1.807, 2.05) is 41.0 Å². The molecule has 8 nitrogen and oxygen atoms in total. The number of carbonyl (C=O) groups is 2. The van der Waals surface area contributed by atoms with E-state index in [1.165, 1.54) is 11.8 Å². The number of benzene rings is 2. The van der Waals surface area contributed by atoms with Crippen LogP contribution in [0.4, 0.5) is 0 Å². The average Bonchev–Trinajstić information content (AvgIpc) is 3.27. The number of likely N-dealkylation sites (tertiary alicyclic amines) is 1. The second-order valence-electron chi connectivity index (χ2n) is 7.72. The fourth-order valence-electron chi connectivity index (χ4n) is 3.79. The Labute approximate surface area is 201 Å². The molecule has 1 saturated heterocycles. The third-order valence-corrected chi connectivity index (χ3v) is 6.71. The number of ether oxygens (including phenoxy) is 1. The predicted octanol–water partition coefficient (Wildman–Crippen LogP) is 3.41. The van der Waals surface area contributed by atoms with Crippen molar-refractivity contribution < 1.29 is 14.3 Å². The second-order valence-corrected chi connectivity index (χ2v) is 9.10. The Balaban J connectivity index is 1.60. The maximum Gasteiger partial charge on any atom is 0.233 e. The highest BCUT2D eigenvalue weighted by Crippen LogP contribution is 2.30. The molecular formula is C23H24ClN5O3S. The number of nitrogens with zero attached hydrogens (tertiary/aromatic N) is 4. The van der Waals surface area contributed by atoms with Crippen LogP contribution in [0.1, 0.15) is 12.8 Å². The molecule has 0 spiro atoms. The minimum atomic E-state index is -0.356. The lowest BCUT2D eigenvalue weighted by Crippen LogP contribution is -2.44. The quantitative estimate of drug-likeness (QED) is 0.514. The van der Waals surface area contributed by atoms with Gasteiger partial charge in [0.15, 0.2) is 11.0 Å². The van der Waals surface area contributed by atoms with E-state index in [0.717, 1.165) is 24.1 Å². The van der Waals surface area contributed by atoms with E-state index in [2.05, 4.69) is 10.2 Å². The molecule has 0 radical (unpaired) electrons. The Kier molecular flexibility index (Phi) is 7.20. The van der Waals surface area contributed by atoms with Crippen LogP contribution in [-0.4, -0.2) is 57.4 Å². The molecule has 33 heavy (non-hydrogen) atoms. The maximum absolute atomic E-state index is 12.9. The molecule has 1 aliphatic rings. The molecule has 10 heteroatoms. The van der Waals surface area contributed by atoms with E-state index in [0.29, 0.717) is 34.8 Å². The van der Waals surface area contributed by atoms with Crippen molar-refractivity contribution >= 4 is 35.2 Å². The van der Waals surface area contributed by atoms with Crippen molar-refractivity contribution in [1.82, 2.24) is 19.7 Å². The summed E-state index contributed by atoms with van der Waals surface area (Å²) < 4.78 is 7.25. The van der Waals surface area contributed by atoms with E-state index < -0.39 is 0 Å². The van der Waals surface area contributed by atoms with Gasteiger partial charge in [0.2, 0.25) is 11.8 Å². The second kappa shape index (κ2) is 10.3. The van der Waals surface area contributed by atoms with Gasteiger partial charge in [0.1, 0.15) is 5.75 Å².